The number of carbonyl (C=O) groups excluding carboxylic acids is 1. The Kier molecular flexibility index (Phi) is 5.89. The molecule has 1 heterocycles. The molecule has 0 aliphatic carbocycles. The molecule has 1 aliphatic rings. The summed E-state index contributed by atoms with van der Waals surface area (Å²) in [6, 6.07) is 10.1. The number of rotatable bonds is 7. The van der Waals surface area contributed by atoms with Gasteiger partial charge in [0.05, 0.1) is 0 Å². The van der Waals surface area contributed by atoms with Crippen LogP contribution in [0.2, 0.25) is 0 Å². The van der Waals surface area contributed by atoms with Gasteiger partial charge in [-0.05, 0) is 31.2 Å². The van der Waals surface area contributed by atoms with Crippen molar-refractivity contribution in [1.29, 1.82) is 0 Å². The van der Waals surface area contributed by atoms with Gasteiger partial charge in [0.1, 0.15) is 0 Å². The fourth-order valence-corrected chi connectivity index (χ4v) is 4.26. The van der Waals surface area contributed by atoms with E-state index in [9.17, 15) is 19.3 Å². The summed E-state index contributed by atoms with van der Waals surface area (Å²) in [5, 5.41) is 8.00. The molecular weight excluding hydrogens is 313 g/mol. The van der Waals surface area contributed by atoms with E-state index in [0.29, 0.717) is 19.4 Å². The zero-order chi connectivity index (χ0) is 16.9. The standard InChI is InChI=1S/C17H22NO4P/c1-13(19)18-12-11-15(17(18,23-22)16(20)21)10-6-5-9-14-7-3-2-4-8-14/h2-4,7-8,15H,5-6,9-12H2,1H3,(H,20,21)/t15?,17-/m1/s1. The van der Waals surface area contributed by atoms with E-state index in [2.05, 4.69) is 12.1 Å². The second kappa shape index (κ2) is 7.69. The van der Waals surface area contributed by atoms with E-state index in [1.54, 1.807) is 0 Å². The number of carboxylic acids is 1. The summed E-state index contributed by atoms with van der Waals surface area (Å²) < 4.78 is 11.7. The average Bonchev–Trinajstić information content (AvgIpc) is 2.92. The summed E-state index contributed by atoms with van der Waals surface area (Å²) in [4.78, 5) is 24.7. The summed E-state index contributed by atoms with van der Waals surface area (Å²) >= 11 is 0. The first-order chi connectivity index (χ1) is 11.0. The van der Waals surface area contributed by atoms with Crippen molar-refractivity contribution in [3.63, 3.8) is 0 Å². The molecule has 0 saturated carbocycles. The number of aryl methyl sites for hydroxylation is 1. The molecule has 5 nitrogen and oxygen atoms in total. The van der Waals surface area contributed by atoms with Gasteiger partial charge in [-0.25, -0.2) is 4.79 Å². The van der Waals surface area contributed by atoms with Crippen molar-refractivity contribution in [3.8, 4) is 0 Å². The second-order valence-electron chi connectivity index (χ2n) is 6.01. The van der Waals surface area contributed by atoms with Gasteiger partial charge in [0, 0.05) is 19.4 Å². The molecule has 1 fully saturated rings. The van der Waals surface area contributed by atoms with Crippen molar-refractivity contribution in [1.82, 2.24) is 4.90 Å². The van der Waals surface area contributed by atoms with Gasteiger partial charge < -0.3 is 10.0 Å². The van der Waals surface area contributed by atoms with Gasteiger partial charge in [-0.15, -0.1) is 0 Å². The number of carboxylic acid groups (broad SMARTS) is 1. The number of hydrogen-bond acceptors (Lipinski definition) is 3. The van der Waals surface area contributed by atoms with Gasteiger partial charge >= 0.3 is 5.97 Å². The normalized spacial score (nSPS) is 24.0. The number of benzene rings is 1. The maximum Gasteiger partial charge on any atom is 0.342 e. The molecule has 124 valence electrons. The minimum Gasteiger partial charge on any atom is -0.479 e. The van der Waals surface area contributed by atoms with Crippen molar-refractivity contribution < 1.29 is 19.3 Å². The molecule has 6 heteroatoms. The molecular formula is C17H22NO4P. The van der Waals surface area contributed by atoms with Crippen LogP contribution in [0.25, 0.3) is 0 Å². The van der Waals surface area contributed by atoms with Crippen LogP contribution in [-0.4, -0.2) is 33.7 Å². The molecule has 0 radical (unpaired) electrons. The minimum absolute atomic E-state index is 0.265. The van der Waals surface area contributed by atoms with Crippen molar-refractivity contribution in [2.75, 3.05) is 6.54 Å². The lowest BCUT2D eigenvalue weighted by atomic mass is 9.92. The molecule has 1 unspecified atom stereocenters. The molecule has 1 amide bonds. The van der Waals surface area contributed by atoms with Crippen molar-refractivity contribution in [3.05, 3.63) is 35.9 Å². The Balaban J connectivity index is 1.97. The Hall–Kier alpha value is -1.74. The first kappa shape index (κ1) is 17.6. The maximum atomic E-state index is 11.7. The first-order valence-electron chi connectivity index (χ1n) is 7.92. The molecule has 0 bridgehead atoms. The Morgan fingerprint density at radius 2 is 2.00 bits per heavy atom. The van der Waals surface area contributed by atoms with Crippen LogP contribution in [0.1, 0.15) is 38.2 Å². The lowest BCUT2D eigenvalue weighted by molar-refractivity contribution is -0.151. The molecule has 2 rings (SSSR count). The van der Waals surface area contributed by atoms with E-state index in [0.717, 1.165) is 19.3 Å². The van der Waals surface area contributed by atoms with Crippen LogP contribution in [0.5, 0.6) is 0 Å². The smallest absolute Gasteiger partial charge is 0.342 e. The van der Waals surface area contributed by atoms with Gasteiger partial charge in [-0.1, -0.05) is 36.8 Å². The SMILES string of the molecule is CC(=O)N1CCC(CCCCc2ccccc2)[C@@]1(P=O)C(=O)O. The predicted molar refractivity (Wildman–Crippen MR) is 87.5 cm³/mol. The molecule has 1 N–H and O–H groups in total. The van der Waals surface area contributed by atoms with E-state index in [1.165, 1.54) is 17.4 Å². The molecule has 1 saturated heterocycles. The van der Waals surface area contributed by atoms with Crippen LogP contribution < -0.4 is 0 Å². The maximum absolute atomic E-state index is 11.7. The summed E-state index contributed by atoms with van der Waals surface area (Å²) in [7, 11) is -0.501. The number of carbonyl (C=O) groups is 2. The lowest BCUT2D eigenvalue weighted by Gasteiger charge is -2.32. The highest BCUT2D eigenvalue weighted by Gasteiger charge is 2.57. The van der Waals surface area contributed by atoms with E-state index in [4.69, 9.17) is 0 Å². The third-order valence-corrected chi connectivity index (χ3v) is 5.70. The summed E-state index contributed by atoms with van der Waals surface area (Å²) in [6.45, 7) is 1.70. The monoisotopic (exact) mass is 335 g/mol. The summed E-state index contributed by atoms with van der Waals surface area (Å²) in [5.74, 6) is -1.77. The first-order valence-corrected chi connectivity index (χ1v) is 8.73. The fourth-order valence-electron chi connectivity index (χ4n) is 3.44. The highest BCUT2D eigenvalue weighted by atomic mass is 31.1. The van der Waals surface area contributed by atoms with Crippen LogP contribution in [0.15, 0.2) is 30.3 Å². The Labute approximate surface area is 137 Å². The average molecular weight is 335 g/mol. The number of aliphatic carboxylic acids is 1. The lowest BCUT2D eigenvalue weighted by Crippen LogP contribution is -2.51. The van der Waals surface area contributed by atoms with Gasteiger partial charge in [-0.3, -0.25) is 9.36 Å². The van der Waals surface area contributed by atoms with Gasteiger partial charge in [0.2, 0.25) is 11.2 Å². The van der Waals surface area contributed by atoms with Crippen LogP contribution in [0, 0.1) is 5.92 Å². The summed E-state index contributed by atoms with van der Waals surface area (Å²) in [6.07, 6.45) is 4.01. The van der Waals surface area contributed by atoms with E-state index in [1.807, 2.05) is 18.2 Å². The van der Waals surface area contributed by atoms with Crippen LogP contribution in [0.3, 0.4) is 0 Å². The highest BCUT2D eigenvalue weighted by molar-refractivity contribution is 7.27. The third kappa shape index (κ3) is 3.61. The van der Waals surface area contributed by atoms with E-state index >= 15 is 0 Å². The van der Waals surface area contributed by atoms with Crippen molar-refractivity contribution in [2.45, 2.75) is 44.3 Å². The number of hydrogen-bond donors (Lipinski definition) is 1. The topological polar surface area (TPSA) is 74.7 Å². The van der Waals surface area contributed by atoms with Crippen LogP contribution in [-0.2, 0) is 20.6 Å². The van der Waals surface area contributed by atoms with Crippen LogP contribution >= 0.6 is 8.46 Å². The zero-order valence-corrected chi connectivity index (χ0v) is 14.2. The highest BCUT2D eigenvalue weighted by Crippen LogP contribution is 2.45. The minimum atomic E-state index is -1.58. The molecule has 1 aromatic rings. The largest absolute Gasteiger partial charge is 0.479 e. The molecule has 23 heavy (non-hydrogen) atoms. The van der Waals surface area contributed by atoms with Gasteiger partial charge in [0.15, 0.2) is 8.46 Å². The zero-order valence-electron chi connectivity index (χ0n) is 13.3. The second-order valence-corrected chi connectivity index (χ2v) is 6.87. The Bertz CT molecular complexity index is 577. The molecule has 0 aromatic heterocycles. The molecule has 1 aromatic carbocycles. The molecule has 0 spiro atoms. The number of likely N-dealkylation sites (tertiary alicyclic amines) is 1. The third-order valence-electron chi connectivity index (χ3n) is 4.63. The van der Waals surface area contributed by atoms with Gasteiger partial charge in [0.25, 0.3) is 0 Å². The Morgan fingerprint density at radius 3 is 2.57 bits per heavy atom. The van der Waals surface area contributed by atoms with Crippen molar-refractivity contribution >= 4 is 20.3 Å². The van der Waals surface area contributed by atoms with E-state index < -0.39 is 19.7 Å². The fraction of sp³-hybridized carbons (Fsp3) is 0.529. The quantitative estimate of drug-likeness (QED) is 0.612. The predicted octanol–water partition coefficient (Wildman–Crippen LogP) is 3.34. The number of unbranched alkanes of at least 4 members (excludes halogenated alkanes) is 1. The Morgan fingerprint density at radius 1 is 1.30 bits per heavy atom. The van der Waals surface area contributed by atoms with Gasteiger partial charge in [-0.2, -0.15) is 0 Å². The van der Waals surface area contributed by atoms with Crippen LogP contribution in [0.4, 0.5) is 0 Å². The molecule has 1 aliphatic heterocycles. The summed E-state index contributed by atoms with van der Waals surface area (Å²) in [5.41, 5.74) is 1.26. The number of amides is 1. The molecule has 2 atom stereocenters. The van der Waals surface area contributed by atoms with Crippen molar-refractivity contribution in [2.24, 2.45) is 5.92 Å². The number of nitrogens with zero attached hydrogens (tertiary/aromatic N) is 1. The van der Waals surface area contributed by atoms with E-state index in [-0.39, 0.29) is 11.8 Å².